The van der Waals surface area contributed by atoms with E-state index in [2.05, 4.69) is 33.9 Å². The van der Waals surface area contributed by atoms with E-state index in [4.69, 9.17) is 0 Å². The molecule has 1 heterocycles. The van der Waals surface area contributed by atoms with Crippen LogP contribution in [0, 0.1) is 0 Å². The first-order valence-electron chi connectivity index (χ1n) is 11.7. The number of carbonyl (C=O) groups is 1. The molecule has 1 N–H and O–H groups in total. The number of benzene rings is 1. The highest BCUT2D eigenvalue weighted by Gasteiger charge is 2.32. The van der Waals surface area contributed by atoms with Crippen molar-refractivity contribution in [2.45, 2.75) is 86.8 Å². The van der Waals surface area contributed by atoms with Crippen molar-refractivity contribution in [1.82, 2.24) is 19.1 Å². The van der Waals surface area contributed by atoms with Gasteiger partial charge in [0.15, 0.2) is 5.16 Å². The lowest BCUT2D eigenvalue weighted by atomic mass is 9.96. The summed E-state index contributed by atoms with van der Waals surface area (Å²) < 4.78 is 30.3. The van der Waals surface area contributed by atoms with E-state index in [-0.39, 0.29) is 28.5 Å². The van der Waals surface area contributed by atoms with Crippen LogP contribution in [0.4, 0.5) is 5.69 Å². The molecule has 1 aromatic carbocycles. The quantitative estimate of drug-likeness (QED) is 0.522. The summed E-state index contributed by atoms with van der Waals surface area (Å²) in [5, 5.41) is 12.2. The summed E-state index contributed by atoms with van der Waals surface area (Å²) in [4.78, 5) is 12.9. The number of para-hydroxylation sites is 1. The second-order valence-corrected chi connectivity index (χ2v) is 12.2. The van der Waals surface area contributed by atoms with Gasteiger partial charge in [-0.3, -0.25) is 4.79 Å². The molecule has 0 atom stereocenters. The number of anilines is 1. The zero-order valence-electron chi connectivity index (χ0n) is 19.5. The highest BCUT2D eigenvalue weighted by Crippen LogP contribution is 2.40. The Bertz CT molecular complexity index is 1090. The first-order valence-corrected chi connectivity index (χ1v) is 14.2. The third kappa shape index (κ3) is 5.44. The van der Waals surface area contributed by atoms with E-state index >= 15 is 0 Å². The van der Waals surface area contributed by atoms with Crippen LogP contribution in [0.5, 0.6) is 0 Å². The predicted molar refractivity (Wildman–Crippen MR) is 130 cm³/mol. The largest absolute Gasteiger partial charge is 0.324 e. The lowest BCUT2D eigenvalue weighted by molar-refractivity contribution is -0.113. The average molecular weight is 492 g/mol. The minimum Gasteiger partial charge on any atom is -0.324 e. The second kappa shape index (κ2) is 10.1. The van der Waals surface area contributed by atoms with Crippen molar-refractivity contribution in [2.24, 2.45) is 0 Å². The van der Waals surface area contributed by atoms with Crippen molar-refractivity contribution in [2.75, 3.05) is 18.1 Å². The molecular formula is C23H33N5O3S2. The summed E-state index contributed by atoms with van der Waals surface area (Å²) in [5.41, 5.74) is 0.317. The number of aromatic nitrogens is 3. The van der Waals surface area contributed by atoms with Crippen LogP contribution >= 0.6 is 11.8 Å². The van der Waals surface area contributed by atoms with Gasteiger partial charge in [0.2, 0.25) is 15.9 Å². The van der Waals surface area contributed by atoms with Crippen molar-refractivity contribution >= 4 is 33.4 Å². The predicted octanol–water partition coefficient (Wildman–Crippen LogP) is 4.42. The first kappa shape index (κ1) is 24.2. The highest BCUT2D eigenvalue weighted by molar-refractivity contribution is 7.99. The van der Waals surface area contributed by atoms with Gasteiger partial charge in [0.1, 0.15) is 10.7 Å². The lowest BCUT2D eigenvalue weighted by Crippen LogP contribution is -2.38. The highest BCUT2D eigenvalue weighted by atomic mass is 32.2. The van der Waals surface area contributed by atoms with Crippen molar-refractivity contribution < 1.29 is 13.2 Å². The van der Waals surface area contributed by atoms with Gasteiger partial charge >= 0.3 is 0 Å². The molecule has 1 amide bonds. The van der Waals surface area contributed by atoms with Gasteiger partial charge in [-0.15, -0.1) is 10.2 Å². The Balaban J connectivity index is 1.45. The summed E-state index contributed by atoms with van der Waals surface area (Å²) in [6.07, 6.45) is 7.21. The van der Waals surface area contributed by atoms with Gasteiger partial charge in [-0.05, 0) is 37.8 Å². The monoisotopic (exact) mass is 491 g/mol. The summed E-state index contributed by atoms with van der Waals surface area (Å²) in [7, 11) is -2.06. The van der Waals surface area contributed by atoms with Crippen LogP contribution in [-0.2, 0) is 14.8 Å². The molecule has 10 heteroatoms. The number of thioether (sulfide) groups is 1. The van der Waals surface area contributed by atoms with Crippen LogP contribution in [0.25, 0.3) is 0 Å². The second-order valence-electron chi connectivity index (χ2n) is 9.24. The molecule has 2 aromatic rings. The zero-order valence-corrected chi connectivity index (χ0v) is 21.2. The number of hydrogen-bond acceptors (Lipinski definition) is 6. The van der Waals surface area contributed by atoms with Gasteiger partial charge in [0.05, 0.1) is 11.4 Å². The van der Waals surface area contributed by atoms with E-state index in [9.17, 15) is 13.2 Å². The molecule has 0 aliphatic heterocycles. The molecule has 4 rings (SSSR count). The molecule has 0 saturated heterocycles. The Labute approximate surface area is 200 Å². The topological polar surface area (TPSA) is 97.2 Å². The molecule has 2 aliphatic rings. The fourth-order valence-electron chi connectivity index (χ4n) is 4.36. The number of hydrogen-bond donors (Lipinski definition) is 1. The van der Waals surface area contributed by atoms with E-state index in [1.165, 1.54) is 16.1 Å². The molecule has 1 aromatic heterocycles. The van der Waals surface area contributed by atoms with Crippen LogP contribution in [0.2, 0.25) is 0 Å². The normalized spacial score (nSPS) is 17.6. The van der Waals surface area contributed by atoms with Crippen LogP contribution in [-0.4, -0.2) is 52.2 Å². The van der Waals surface area contributed by atoms with E-state index in [1.54, 1.807) is 31.3 Å². The standard InChI is InChI=1S/C23H33N5O3S2/c1-16(2)22-25-26-23(28(22)18-13-14-18)32-15-21(29)24-19-11-7-8-12-20(19)33(30,31)27(3)17-9-5-4-6-10-17/h7-8,11-12,16-18H,4-6,9-10,13-15H2,1-3H3,(H,24,29). The molecule has 0 spiro atoms. The SMILES string of the molecule is CC(C)c1nnc(SCC(=O)Nc2ccccc2S(=O)(=O)N(C)C2CCCCC2)n1C1CC1. The van der Waals surface area contributed by atoms with Crippen LogP contribution < -0.4 is 5.32 Å². The number of rotatable bonds is 9. The van der Waals surface area contributed by atoms with E-state index in [0.717, 1.165) is 55.9 Å². The minimum absolute atomic E-state index is 0.00648. The lowest BCUT2D eigenvalue weighted by Gasteiger charge is -2.30. The Morgan fingerprint density at radius 3 is 2.52 bits per heavy atom. The Hall–Kier alpha value is -1.91. The Morgan fingerprint density at radius 2 is 1.85 bits per heavy atom. The van der Waals surface area contributed by atoms with E-state index in [1.807, 2.05) is 0 Å². The third-order valence-electron chi connectivity index (χ3n) is 6.36. The molecule has 0 radical (unpaired) electrons. The van der Waals surface area contributed by atoms with Gasteiger partial charge in [-0.2, -0.15) is 4.31 Å². The molecule has 33 heavy (non-hydrogen) atoms. The molecule has 2 aliphatic carbocycles. The van der Waals surface area contributed by atoms with Crippen molar-refractivity contribution in [3.05, 3.63) is 30.1 Å². The van der Waals surface area contributed by atoms with Crippen molar-refractivity contribution in [3.8, 4) is 0 Å². The summed E-state index contributed by atoms with van der Waals surface area (Å²) in [6, 6.07) is 7.07. The van der Waals surface area contributed by atoms with E-state index < -0.39 is 10.0 Å². The summed E-state index contributed by atoms with van der Waals surface area (Å²) >= 11 is 1.34. The van der Waals surface area contributed by atoms with Gasteiger partial charge in [0.25, 0.3) is 0 Å². The number of nitrogens with zero attached hydrogens (tertiary/aromatic N) is 4. The fraction of sp³-hybridized carbons (Fsp3) is 0.609. The molecular weight excluding hydrogens is 458 g/mol. The van der Waals surface area contributed by atoms with E-state index in [0.29, 0.717) is 11.7 Å². The van der Waals surface area contributed by atoms with Crippen molar-refractivity contribution in [1.29, 1.82) is 0 Å². The number of amides is 1. The van der Waals surface area contributed by atoms with Crippen LogP contribution in [0.1, 0.15) is 76.6 Å². The average Bonchev–Trinajstić information content (AvgIpc) is 3.56. The Morgan fingerprint density at radius 1 is 1.15 bits per heavy atom. The van der Waals surface area contributed by atoms with Gasteiger partial charge < -0.3 is 9.88 Å². The number of nitrogens with one attached hydrogen (secondary N) is 1. The van der Waals surface area contributed by atoms with Gasteiger partial charge in [0, 0.05) is 25.0 Å². The van der Waals surface area contributed by atoms with Crippen molar-refractivity contribution in [3.63, 3.8) is 0 Å². The molecule has 2 fully saturated rings. The third-order valence-corrected chi connectivity index (χ3v) is 9.27. The maximum Gasteiger partial charge on any atom is 0.245 e. The molecule has 0 bridgehead atoms. The molecule has 0 unspecified atom stereocenters. The maximum absolute atomic E-state index is 13.4. The van der Waals surface area contributed by atoms with Gasteiger partial charge in [-0.1, -0.05) is 57.0 Å². The summed E-state index contributed by atoms with van der Waals surface area (Å²) in [6.45, 7) is 4.18. The Kier molecular flexibility index (Phi) is 7.45. The van der Waals surface area contributed by atoms with Gasteiger partial charge in [-0.25, -0.2) is 8.42 Å². The van der Waals surface area contributed by atoms with Crippen LogP contribution in [0.15, 0.2) is 34.3 Å². The first-order chi connectivity index (χ1) is 15.8. The fourth-order valence-corrected chi connectivity index (χ4v) is 6.74. The zero-order chi connectivity index (χ0) is 23.6. The number of sulfonamides is 1. The summed E-state index contributed by atoms with van der Waals surface area (Å²) in [5.74, 6) is 1.08. The maximum atomic E-state index is 13.4. The molecule has 180 valence electrons. The molecule has 2 saturated carbocycles. The molecule has 8 nitrogen and oxygen atoms in total. The smallest absolute Gasteiger partial charge is 0.245 e. The number of carbonyl (C=O) groups excluding carboxylic acids is 1. The van der Waals surface area contributed by atoms with Crippen LogP contribution in [0.3, 0.4) is 0 Å². The minimum atomic E-state index is -3.71.